The molecule has 10 heteroatoms. The molecule has 23 heavy (non-hydrogen) atoms. The van der Waals surface area contributed by atoms with Gasteiger partial charge in [0, 0.05) is 18.0 Å². The number of nitro benzene ring substituents is 1. The van der Waals surface area contributed by atoms with Crippen LogP contribution in [0.3, 0.4) is 0 Å². The second-order valence-electron chi connectivity index (χ2n) is 4.36. The van der Waals surface area contributed by atoms with Crippen molar-refractivity contribution in [2.45, 2.75) is 9.24 Å². The van der Waals surface area contributed by atoms with Crippen LogP contribution >= 0.6 is 23.3 Å². The van der Waals surface area contributed by atoms with Gasteiger partial charge < -0.3 is 0 Å². The lowest BCUT2D eigenvalue weighted by Crippen LogP contribution is -2.17. The number of nitro groups is 1. The maximum Gasteiger partial charge on any atom is 0.289 e. The van der Waals surface area contributed by atoms with Gasteiger partial charge in [-0.2, -0.15) is 0 Å². The fourth-order valence-corrected chi connectivity index (χ4v) is 5.21. The van der Waals surface area contributed by atoms with Crippen molar-refractivity contribution >= 4 is 49.2 Å². The predicted molar refractivity (Wildman–Crippen MR) is 88.9 cm³/mol. The summed E-state index contributed by atoms with van der Waals surface area (Å²) in [4.78, 5) is 14.1. The van der Waals surface area contributed by atoms with Crippen LogP contribution in [0.25, 0.3) is 10.2 Å². The van der Waals surface area contributed by atoms with Gasteiger partial charge in [-0.3, -0.25) is 10.1 Å². The molecule has 0 saturated carbocycles. The second-order valence-corrected chi connectivity index (χ2v) is 8.35. The molecule has 0 spiro atoms. The summed E-state index contributed by atoms with van der Waals surface area (Å²) in [5.41, 5.74) is 0.301. The molecule has 0 saturated heterocycles. The van der Waals surface area contributed by atoms with Crippen molar-refractivity contribution in [1.82, 2.24) is 9.11 Å². The van der Waals surface area contributed by atoms with Gasteiger partial charge in [0.25, 0.3) is 15.7 Å². The molecule has 3 aromatic rings. The first-order chi connectivity index (χ1) is 11.0. The van der Waals surface area contributed by atoms with Gasteiger partial charge in [0.15, 0.2) is 9.24 Å². The molecule has 0 radical (unpaired) electrons. The monoisotopic (exact) mass is 367 g/mol. The van der Waals surface area contributed by atoms with Crippen LogP contribution in [0, 0.1) is 10.1 Å². The highest BCUT2D eigenvalue weighted by Gasteiger charge is 2.25. The van der Waals surface area contributed by atoms with E-state index in [0.29, 0.717) is 4.34 Å². The summed E-state index contributed by atoms with van der Waals surface area (Å²) in [6.45, 7) is 0. The summed E-state index contributed by atoms with van der Waals surface area (Å²) in [6.07, 6.45) is 0. The van der Waals surface area contributed by atoms with Crippen molar-refractivity contribution in [3.05, 3.63) is 58.6 Å². The molecule has 0 aliphatic rings. The van der Waals surface area contributed by atoms with Crippen LogP contribution in [0.4, 0.5) is 5.69 Å². The zero-order valence-electron chi connectivity index (χ0n) is 11.4. The van der Waals surface area contributed by atoms with Gasteiger partial charge in [0.2, 0.25) is 0 Å². The summed E-state index contributed by atoms with van der Waals surface area (Å²) in [5.74, 6) is 0. The van der Waals surface area contributed by atoms with Crippen molar-refractivity contribution in [3.63, 3.8) is 0 Å². The van der Waals surface area contributed by atoms with Crippen molar-refractivity contribution in [2.24, 2.45) is 0 Å². The molecular formula is C13H9N3O4S3. The van der Waals surface area contributed by atoms with E-state index in [9.17, 15) is 18.5 Å². The van der Waals surface area contributed by atoms with E-state index >= 15 is 0 Å². The van der Waals surface area contributed by atoms with Crippen LogP contribution in [-0.2, 0) is 10.0 Å². The van der Waals surface area contributed by atoms with Crippen LogP contribution in [0.5, 0.6) is 0 Å². The van der Waals surface area contributed by atoms with Gasteiger partial charge in [0.05, 0.1) is 15.1 Å². The van der Waals surface area contributed by atoms with E-state index in [2.05, 4.69) is 9.11 Å². The first kappa shape index (κ1) is 15.9. The normalized spacial score (nSPS) is 11.7. The quantitative estimate of drug-likeness (QED) is 0.422. The van der Waals surface area contributed by atoms with Gasteiger partial charge in [-0.1, -0.05) is 24.3 Å². The standard InChI is InChI=1S/C13H9N3O4S3/c17-16(18)10-6-2-4-8-12(10)23(19,20)15-22-13-14-9-5-1-3-7-11(9)21-13/h1-8,15H. The van der Waals surface area contributed by atoms with E-state index < -0.39 is 20.6 Å². The number of hydrogen-bond acceptors (Lipinski definition) is 7. The molecule has 0 unspecified atom stereocenters. The minimum absolute atomic E-state index is 0.376. The number of nitrogens with one attached hydrogen (secondary N) is 1. The minimum atomic E-state index is -4.03. The van der Waals surface area contributed by atoms with Crippen LogP contribution in [0.1, 0.15) is 0 Å². The van der Waals surface area contributed by atoms with Crippen LogP contribution in [-0.4, -0.2) is 18.3 Å². The zero-order valence-corrected chi connectivity index (χ0v) is 13.8. The molecule has 1 heterocycles. The third-order valence-electron chi connectivity index (χ3n) is 2.86. The Morgan fingerprint density at radius 2 is 1.83 bits per heavy atom. The van der Waals surface area contributed by atoms with Gasteiger partial charge >= 0.3 is 0 Å². The molecule has 2 aromatic carbocycles. The molecular weight excluding hydrogens is 358 g/mol. The first-order valence-corrected chi connectivity index (χ1v) is 9.36. The highest BCUT2D eigenvalue weighted by molar-refractivity contribution is 8.10. The zero-order chi connectivity index (χ0) is 16.4. The van der Waals surface area contributed by atoms with E-state index in [0.717, 1.165) is 28.2 Å². The van der Waals surface area contributed by atoms with Gasteiger partial charge in [-0.25, -0.2) is 13.4 Å². The van der Waals surface area contributed by atoms with Gasteiger partial charge in [-0.05, 0) is 18.2 Å². The number of fused-ring (bicyclic) bond motifs is 1. The highest BCUT2D eigenvalue weighted by Crippen LogP contribution is 2.30. The number of para-hydroxylation sites is 2. The SMILES string of the molecule is O=[N+]([O-])c1ccccc1S(=O)(=O)NSc1nc2ccccc2s1. The minimum Gasteiger partial charge on any atom is -0.258 e. The number of hydrogen-bond donors (Lipinski definition) is 1. The number of nitrogens with zero attached hydrogens (tertiary/aromatic N) is 2. The van der Waals surface area contributed by atoms with Gasteiger partial charge in [-0.15, -0.1) is 15.5 Å². The molecule has 1 aromatic heterocycles. The Balaban J connectivity index is 1.85. The van der Waals surface area contributed by atoms with Crippen molar-refractivity contribution in [3.8, 4) is 0 Å². The Hall–Kier alpha value is -2.01. The molecule has 0 amide bonds. The Morgan fingerprint density at radius 3 is 2.57 bits per heavy atom. The summed E-state index contributed by atoms with van der Waals surface area (Å²) in [7, 11) is -4.03. The molecule has 0 aliphatic carbocycles. The average molecular weight is 367 g/mol. The van der Waals surface area contributed by atoms with E-state index in [1.165, 1.54) is 29.5 Å². The van der Waals surface area contributed by atoms with E-state index in [4.69, 9.17) is 0 Å². The van der Waals surface area contributed by atoms with Crippen LogP contribution < -0.4 is 4.13 Å². The van der Waals surface area contributed by atoms with E-state index in [1.807, 2.05) is 24.3 Å². The number of benzene rings is 2. The van der Waals surface area contributed by atoms with Crippen molar-refractivity contribution < 1.29 is 13.3 Å². The van der Waals surface area contributed by atoms with E-state index in [-0.39, 0.29) is 4.90 Å². The average Bonchev–Trinajstić information content (AvgIpc) is 2.96. The largest absolute Gasteiger partial charge is 0.289 e. The van der Waals surface area contributed by atoms with E-state index in [1.54, 1.807) is 0 Å². The smallest absolute Gasteiger partial charge is 0.258 e. The maximum absolute atomic E-state index is 12.3. The topological polar surface area (TPSA) is 102 Å². The molecule has 0 aliphatic heterocycles. The molecule has 0 bridgehead atoms. The third-order valence-corrected chi connectivity index (χ3v) is 6.60. The van der Waals surface area contributed by atoms with Gasteiger partial charge in [0.1, 0.15) is 0 Å². The molecule has 1 N–H and O–H groups in total. The lowest BCUT2D eigenvalue weighted by atomic mass is 10.3. The Kier molecular flexibility index (Phi) is 4.31. The summed E-state index contributed by atoms with van der Waals surface area (Å²) in [6, 6.07) is 12.6. The molecule has 118 valence electrons. The first-order valence-electron chi connectivity index (χ1n) is 6.25. The lowest BCUT2D eigenvalue weighted by molar-refractivity contribution is -0.387. The van der Waals surface area contributed by atoms with Crippen LogP contribution in [0.2, 0.25) is 0 Å². The Morgan fingerprint density at radius 1 is 1.13 bits per heavy atom. The number of sulfonamides is 1. The fourth-order valence-electron chi connectivity index (χ4n) is 1.87. The second kappa shape index (κ2) is 6.24. The summed E-state index contributed by atoms with van der Waals surface area (Å²) in [5, 5.41) is 11.0. The Bertz CT molecular complexity index is 952. The molecule has 7 nitrogen and oxygen atoms in total. The van der Waals surface area contributed by atoms with Crippen molar-refractivity contribution in [2.75, 3.05) is 0 Å². The summed E-state index contributed by atoms with van der Waals surface area (Å²) >= 11 is 2.15. The highest BCUT2D eigenvalue weighted by atomic mass is 32.3. The number of thiazole rings is 1. The molecule has 0 fully saturated rings. The maximum atomic E-state index is 12.3. The lowest BCUT2D eigenvalue weighted by Gasteiger charge is -2.04. The van der Waals surface area contributed by atoms with Crippen LogP contribution in [0.15, 0.2) is 57.8 Å². The fraction of sp³-hybridized carbons (Fsp3) is 0. The number of aromatic nitrogens is 1. The summed E-state index contributed by atoms with van der Waals surface area (Å²) < 4.78 is 28.3. The number of rotatable bonds is 5. The molecule has 0 atom stereocenters. The Labute approximate surface area is 139 Å². The van der Waals surface area contributed by atoms with Crippen molar-refractivity contribution in [1.29, 1.82) is 0 Å². The third kappa shape index (κ3) is 3.34. The predicted octanol–water partition coefficient (Wildman–Crippen LogP) is 3.19. The molecule has 3 rings (SSSR count).